The zero-order valence-corrected chi connectivity index (χ0v) is 17.6. The van der Waals surface area contributed by atoms with Gasteiger partial charge in [-0.05, 0) is 36.8 Å². The smallest absolute Gasteiger partial charge is 0.273 e. The molecule has 1 unspecified atom stereocenters. The van der Waals surface area contributed by atoms with E-state index in [0.29, 0.717) is 30.1 Å². The zero-order chi connectivity index (χ0) is 24.0. The van der Waals surface area contributed by atoms with Gasteiger partial charge in [0.25, 0.3) is 11.8 Å². The second-order valence-electron chi connectivity index (χ2n) is 8.15. The number of nitrogens with two attached hydrogens (primary N) is 2. The molecule has 8 nitrogen and oxygen atoms in total. The number of amides is 2. The van der Waals surface area contributed by atoms with Gasteiger partial charge in [-0.1, -0.05) is 0 Å². The van der Waals surface area contributed by atoms with Crippen molar-refractivity contribution in [2.75, 3.05) is 23.3 Å². The molecule has 172 valence electrons. The average molecular weight is 458 g/mol. The molecule has 0 spiro atoms. The Hall–Kier alpha value is -3.73. The molecule has 0 bridgehead atoms. The number of carbonyl (C=O) groups is 2. The number of nitrogens with one attached hydrogen (secondary N) is 1. The average Bonchev–Trinajstić information content (AvgIpc) is 3.16. The van der Waals surface area contributed by atoms with Gasteiger partial charge in [0.15, 0.2) is 0 Å². The quantitative estimate of drug-likeness (QED) is 0.539. The first-order valence-corrected chi connectivity index (χ1v) is 10.1. The topological polar surface area (TPSA) is 127 Å². The highest BCUT2D eigenvalue weighted by Crippen LogP contribution is 2.34. The van der Waals surface area contributed by atoms with Gasteiger partial charge in [-0.3, -0.25) is 9.59 Å². The van der Waals surface area contributed by atoms with Crippen molar-refractivity contribution in [2.45, 2.75) is 24.8 Å². The summed E-state index contributed by atoms with van der Waals surface area (Å²) in [5, 5.41) is 3.10. The molecule has 1 atom stereocenters. The molecule has 33 heavy (non-hydrogen) atoms. The third-order valence-corrected chi connectivity index (χ3v) is 5.71. The number of nitrogens with zero attached hydrogens (tertiary/aromatic N) is 3. The molecule has 3 aromatic rings. The number of rotatable bonds is 5. The molecule has 2 heterocycles. The van der Waals surface area contributed by atoms with Gasteiger partial charge >= 0.3 is 0 Å². The van der Waals surface area contributed by atoms with E-state index in [1.54, 1.807) is 18.3 Å². The molecular weight excluding hydrogens is 437 g/mol. The molecule has 4 rings (SSSR count). The van der Waals surface area contributed by atoms with E-state index < -0.39 is 34.7 Å². The second-order valence-corrected chi connectivity index (χ2v) is 8.15. The lowest BCUT2D eigenvalue weighted by molar-refractivity contribution is -0.120. The van der Waals surface area contributed by atoms with Crippen LogP contribution in [0.15, 0.2) is 42.9 Å². The van der Waals surface area contributed by atoms with E-state index >= 15 is 0 Å². The van der Waals surface area contributed by atoms with Gasteiger partial charge in [-0.15, -0.1) is 0 Å². The SMILES string of the molecule is CC(F)(F)c1cc(NC(=O)C2(N)CCN(c3ccc(C(N)=O)c4ncncc34)C2)ccc1F. The molecule has 5 N–H and O–H groups in total. The zero-order valence-electron chi connectivity index (χ0n) is 17.6. The number of primary amides is 1. The number of halogens is 3. The van der Waals surface area contributed by atoms with Crippen molar-refractivity contribution in [3.05, 3.63) is 59.8 Å². The first kappa shape index (κ1) is 22.5. The summed E-state index contributed by atoms with van der Waals surface area (Å²) >= 11 is 0. The van der Waals surface area contributed by atoms with E-state index in [-0.39, 0.29) is 24.2 Å². The fourth-order valence-electron chi connectivity index (χ4n) is 3.96. The summed E-state index contributed by atoms with van der Waals surface area (Å²) < 4.78 is 41.0. The van der Waals surface area contributed by atoms with Crippen LogP contribution in [0.5, 0.6) is 0 Å². The fourth-order valence-corrected chi connectivity index (χ4v) is 3.96. The lowest BCUT2D eigenvalue weighted by Crippen LogP contribution is -2.53. The largest absolute Gasteiger partial charge is 0.368 e. The lowest BCUT2D eigenvalue weighted by atomic mass is 9.98. The molecule has 0 radical (unpaired) electrons. The number of carbonyl (C=O) groups excluding carboxylic acids is 2. The summed E-state index contributed by atoms with van der Waals surface area (Å²) in [7, 11) is 0. The Morgan fingerprint density at radius 3 is 2.70 bits per heavy atom. The van der Waals surface area contributed by atoms with Gasteiger partial charge < -0.3 is 21.7 Å². The predicted molar refractivity (Wildman–Crippen MR) is 116 cm³/mol. The molecule has 2 aromatic carbocycles. The van der Waals surface area contributed by atoms with E-state index in [2.05, 4.69) is 15.3 Å². The molecular formula is C22H21F3N6O2. The Balaban J connectivity index is 1.58. The van der Waals surface area contributed by atoms with Gasteiger partial charge in [-0.25, -0.2) is 23.1 Å². The van der Waals surface area contributed by atoms with Crippen LogP contribution in [0.1, 0.15) is 29.3 Å². The number of aromatic nitrogens is 2. The van der Waals surface area contributed by atoms with Crippen LogP contribution in [0.3, 0.4) is 0 Å². The van der Waals surface area contributed by atoms with Crippen molar-refractivity contribution in [1.29, 1.82) is 0 Å². The third kappa shape index (κ3) is 4.19. The normalized spacial score (nSPS) is 18.5. The summed E-state index contributed by atoms with van der Waals surface area (Å²) in [6.45, 7) is 1.09. The van der Waals surface area contributed by atoms with E-state index in [1.165, 1.54) is 12.4 Å². The van der Waals surface area contributed by atoms with Gasteiger partial charge in [-0.2, -0.15) is 0 Å². The van der Waals surface area contributed by atoms with Crippen LogP contribution >= 0.6 is 0 Å². The third-order valence-electron chi connectivity index (χ3n) is 5.71. The highest BCUT2D eigenvalue weighted by atomic mass is 19.3. The molecule has 1 fully saturated rings. The van der Waals surface area contributed by atoms with E-state index in [9.17, 15) is 22.8 Å². The Morgan fingerprint density at radius 2 is 2.00 bits per heavy atom. The maximum absolute atomic E-state index is 13.8. The van der Waals surface area contributed by atoms with E-state index in [1.807, 2.05) is 4.90 Å². The molecule has 2 amide bonds. The Kier molecular flexibility index (Phi) is 5.44. The minimum absolute atomic E-state index is 0.0193. The molecule has 1 aromatic heterocycles. The Morgan fingerprint density at radius 1 is 1.24 bits per heavy atom. The Bertz CT molecular complexity index is 1260. The number of fused-ring (bicyclic) bond motifs is 1. The van der Waals surface area contributed by atoms with Crippen molar-refractivity contribution in [3.63, 3.8) is 0 Å². The van der Waals surface area contributed by atoms with E-state index in [0.717, 1.165) is 12.1 Å². The number of alkyl halides is 2. The van der Waals surface area contributed by atoms with E-state index in [4.69, 9.17) is 11.5 Å². The number of hydrogen-bond donors (Lipinski definition) is 3. The van der Waals surface area contributed by atoms with Gasteiger partial charge in [0.1, 0.15) is 17.7 Å². The van der Waals surface area contributed by atoms with Crippen molar-refractivity contribution in [1.82, 2.24) is 9.97 Å². The summed E-state index contributed by atoms with van der Waals surface area (Å²) in [4.78, 5) is 34.7. The number of anilines is 2. The first-order chi connectivity index (χ1) is 15.5. The van der Waals surface area contributed by atoms with Crippen LogP contribution in [-0.2, 0) is 10.7 Å². The van der Waals surface area contributed by atoms with Crippen molar-refractivity contribution < 1.29 is 22.8 Å². The molecule has 0 saturated carbocycles. The second kappa shape index (κ2) is 8.00. The predicted octanol–water partition coefficient (Wildman–Crippen LogP) is 2.53. The van der Waals surface area contributed by atoms with Crippen LogP contribution in [0.25, 0.3) is 10.9 Å². The minimum Gasteiger partial charge on any atom is -0.368 e. The highest BCUT2D eigenvalue weighted by molar-refractivity contribution is 6.08. The first-order valence-electron chi connectivity index (χ1n) is 10.1. The summed E-state index contributed by atoms with van der Waals surface area (Å²) in [5.74, 6) is -5.69. The summed E-state index contributed by atoms with van der Waals surface area (Å²) in [5.41, 5.74) is 11.0. The van der Waals surface area contributed by atoms with Gasteiger partial charge in [0.05, 0.1) is 16.6 Å². The molecule has 0 aliphatic carbocycles. The molecule has 1 saturated heterocycles. The summed E-state index contributed by atoms with van der Waals surface area (Å²) in [6, 6.07) is 6.21. The fraction of sp³-hybridized carbons (Fsp3) is 0.273. The maximum Gasteiger partial charge on any atom is 0.273 e. The lowest BCUT2D eigenvalue weighted by Gasteiger charge is -2.25. The van der Waals surface area contributed by atoms with Crippen molar-refractivity contribution in [3.8, 4) is 0 Å². The van der Waals surface area contributed by atoms with Crippen molar-refractivity contribution in [2.24, 2.45) is 11.5 Å². The van der Waals surface area contributed by atoms with Crippen LogP contribution in [0, 0.1) is 5.82 Å². The van der Waals surface area contributed by atoms with Gasteiger partial charge in [0.2, 0.25) is 5.91 Å². The minimum atomic E-state index is -3.41. The Labute approximate surface area is 186 Å². The van der Waals surface area contributed by atoms with Gasteiger partial charge in [0, 0.05) is 43.0 Å². The maximum atomic E-state index is 13.8. The van der Waals surface area contributed by atoms with Crippen LogP contribution in [-0.4, -0.2) is 40.4 Å². The molecule has 1 aliphatic heterocycles. The van der Waals surface area contributed by atoms with Crippen LogP contribution < -0.4 is 21.7 Å². The summed E-state index contributed by atoms with van der Waals surface area (Å²) in [6.07, 6.45) is 3.12. The van der Waals surface area contributed by atoms with Crippen molar-refractivity contribution >= 4 is 34.1 Å². The monoisotopic (exact) mass is 458 g/mol. The highest BCUT2D eigenvalue weighted by Gasteiger charge is 2.42. The number of benzene rings is 2. The van der Waals surface area contributed by atoms with Crippen LogP contribution in [0.2, 0.25) is 0 Å². The molecule has 1 aliphatic rings. The number of hydrogen-bond acceptors (Lipinski definition) is 6. The standard InChI is InChI=1S/C22H21F3N6O2/c1-21(24,25)15-8-12(2-4-16(15)23)30-20(33)22(27)6-7-31(10-22)17-5-3-13(19(26)32)18-14(17)9-28-11-29-18/h2-5,8-9,11H,6-7,10,27H2,1H3,(H2,26,32)(H,30,33). The van der Waals surface area contributed by atoms with Crippen LogP contribution in [0.4, 0.5) is 24.5 Å². The molecule has 11 heteroatoms.